The number of hydrogen-bond donors (Lipinski definition) is 1. The van der Waals surface area contributed by atoms with E-state index >= 15 is 0 Å². The second-order valence-corrected chi connectivity index (χ2v) is 5.03. The number of fused-ring (bicyclic) bond motifs is 1. The number of nitrogens with one attached hydrogen (secondary N) is 1. The molecule has 2 aromatic rings. The first-order valence-electron chi connectivity index (χ1n) is 5.05. The van der Waals surface area contributed by atoms with E-state index < -0.39 is 0 Å². The minimum atomic E-state index is 0.771. The Labute approximate surface area is 87.8 Å². The lowest BCUT2D eigenvalue weighted by atomic mass is 9.97. The van der Waals surface area contributed by atoms with Gasteiger partial charge in [0.1, 0.15) is 0 Å². The number of aryl methyl sites for hydroxylation is 1. The third-order valence-corrected chi connectivity index (χ3v) is 4.47. The van der Waals surface area contributed by atoms with E-state index in [1.54, 1.807) is 4.88 Å². The molecule has 0 saturated carbocycles. The van der Waals surface area contributed by atoms with E-state index in [1.807, 2.05) is 11.3 Å². The van der Waals surface area contributed by atoms with Crippen molar-refractivity contribution in [3.8, 4) is 0 Å². The van der Waals surface area contributed by atoms with E-state index in [4.69, 9.17) is 0 Å². The van der Waals surface area contributed by atoms with Crippen molar-refractivity contribution >= 4 is 21.4 Å². The van der Waals surface area contributed by atoms with Gasteiger partial charge in [0.2, 0.25) is 0 Å². The second kappa shape index (κ2) is 3.07. The summed E-state index contributed by atoms with van der Waals surface area (Å²) in [6, 6.07) is 8.71. The van der Waals surface area contributed by atoms with Gasteiger partial charge in [-0.05, 0) is 23.9 Å². The lowest BCUT2D eigenvalue weighted by molar-refractivity contribution is 0.453. The van der Waals surface area contributed by atoms with Gasteiger partial charge in [-0.15, -0.1) is 11.3 Å². The zero-order chi connectivity index (χ0) is 9.54. The van der Waals surface area contributed by atoms with Crippen LogP contribution in [-0.2, 0) is 0 Å². The van der Waals surface area contributed by atoms with Crippen LogP contribution in [0.5, 0.6) is 0 Å². The highest BCUT2D eigenvalue weighted by Gasteiger charge is 2.23. The molecule has 0 radical (unpaired) electrons. The first kappa shape index (κ1) is 8.45. The van der Waals surface area contributed by atoms with E-state index in [0.717, 1.165) is 19.0 Å². The first-order chi connectivity index (χ1) is 6.86. The van der Waals surface area contributed by atoms with Crippen LogP contribution in [0.2, 0.25) is 0 Å². The summed E-state index contributed by atoms with van der Waals surface area (Å²) in [4.78, 5) is 1.59. The molecule has 2 heterocycles. The quantitative estimate of drug-likeness (QED) is 0.751. The van der Waals surface area contributed by atoms with Crippen LogP contribution in [0, 0.1) is 6.92 Å². The van der Waals surface area contributed by atoms with Crippen LogP contribution in [0.4, 0.5) is 0 Å². The van der Waals surface area contributed by atoms with Gasteiger partial charge in [0.15, 0.2) is 0 Å². The SMILES string of the molecule is Cc1c(C2CNC2)sc2ccccc12. The van der Waals surface area contributed by atoms with Crippen molar-refractivity contribution < 1.29 is 0 Å². The Morgan fingerprint density at radius 1 is 1.29 bits per heavy atom. The molecule has 72 valence electrons. The monoisotopic (exact) mass is 203 g/mol. The van der Waals surface area contributed by atoms with Gasteiger partial charge in [-0.1, -0.05) is 18.2 Å². The fourth-order valence-corrected chi connectivity index (χ4v) is 3.37. The summed E-state index contributed by atoms with van der Waals surface area (Å²) in [7, 11) is 0. The highest BCUT2D eigenvalue weighted by Crippen LogP contribution is 2.36. The van der Waals surface area contributed by atoms with Crippen molar-refractivity contribution in [3.05, 3.63) is 34.7 Å². The normalized spacial score (nSPS) is 17.2. The van der Waals surface area contributed by atoms with Crippen LogP contribution in [0.25, 0.3) is 10.1 Å². The molecule has 1 N–H and O–H groups in total. The topological polar surface area (TPSA) is 12.0 Å². The van der Waals surface area contributed by atoms with Gasteiger partial charge in [0.25, 0.3) is 0 Å². The van der Waals surface area contributed by atoms with E-state index in [9.17, 15) is 0 Å². The fraction of sp³-hybridized carbons (Fsp3) is 0.333. The van der Waals surface area contributed by atoms with Crippen LogP contribution < -0.4 is 5.32 Å². The third-order valence-electron chi connectivity index (χ3n) is 3.03. The van der Waals surface area contributed by atoms with Crippen LogP contribution in [0.15, 0.2) is 24.3 Å². The Morgan fingerprint density at radius 2 is 2.07 bits per heavy atom. The summed E-state index contributed by atoms with van der Waals surface area (Å²) in [6.45, 7) is 4.58. The summed E-state index contributed by atoms with van der Waals surface area (Å²) in [5.74, 6) is 0.771. The molecule has 0 bridgehead atoms. The van der Waals surface area contributed by atoms with Crippen molar-refractivity contribution in [1.29, 1.82) is 0 Å². The molecule has 14 heavy (non-hydrogen) atoms. The Balaban J connectivity index is 2.19. The van der Waals surface area contributed by atoms with Crippen molar-refractivity contribution in [2.24, 2.45) is 0 Å². The summed E-state index contributed by atoms with van der Waals surface area (Å²) >= 11 is 1.97. The van der Waals surface area contributed by atoms with Gasteiger partial charge in [0.05, 0.1) is 0 Å². The molecule has 0 spiro atoms. The average molecular weight is 203 g/mol. The van der Waals surface area contributed by atoms with E-state index in [0.29, 0.717) is 0 Å². The molecule has 1 fully saturated rings. The highest BCUT2D eigenvalue weighted by atomic mass is 32.1. The average Bonchev–Trinajstić information content (AvgIpc) is 2.43. The molecule has 1 nitrogen and oxygen atoms in total. The van der Waals surface area contributed by atoms with Crippen LogP contribution in [-0.4, -0.2) is 13.1 Å². The number of rotatable bonds is 1. The van der Waals surface area contributed by atoms with Gasteiger partial charge >= 0.3 is 0 Å². The van der Waals surface area contributed by atoms with E-state index in [1.165, 1.54) is 15.6 Å². The molecule has 0 aliphatic carbocycles. The Bertz CT molecular complexity index is 468. The maximum absolute atomic E-state index is 3.34. The van der Waals surface area contributed by atoms with Crippen molar-refractivity contribution in [3.63, 3.8) is 0 Å². The van der Waals surface area contributed by atoms with Crippen LogP contribution in [0.1, 0.15) is 16.4 Å². The molecule has 1 aliphatic heterocycles. The highest BCUT2D eigenvalue weighted by molar-refractivity contribution is 7.19. The summed E-state index contributed by atoms with van der Waals surface area (Å²) in [5.41, 5.74) is 1.50. The van der Waals surface area contributed by atoms with Gasteiger partial charge in [-0.2, -0.15) is 0 Å². The second-order valence-electron chi connectivity index (χ2n) is 3.94. The smallest absolute Gasteiger partial charge is 0.0348 e. The number of thiophene rings is 1. The predicted molar refractivity (Wildman–Crippen MR) is 62.2 cm³/mol. The minimum Gasteiger partial charge on any atom is -0.315 e. The Hall–Kier alpha value is -0.860. The number of benzene rings is 1. The van der Waals surface area contributed by atoms with E-state index in [-0.39, 0.29) is 0 Å². The lowest BCUT2D eigenvalue weighted by Gasteiger charge is -2.26. The molecule has 3 rings (SSSR count). The summed E-state index contributed by atoms with van der Waals surface area (Å²) < 4.78 is 1.44. The minimum absolute atomic E-state index is 0.771. The van der Waals surface area contributed by atoms with Crippen LogP contribution >= 0.6 is 11.3 Å². The maximum Gasteiger partial charge on any atom is 0.0348 e. The molecule has 1 aromatic heterocycles. The first-order valence-corrected chi connectivity index (χ1v) is 5.86. The molecule has 2 heteroatoms. The van der Waals surface area contributed by atoms with Gasteiger partial charge in [-0.3, -0.25) is 0 Å². The zero-order valence-corrected chi connectivity index (χ0v) is 9.03. The maximum atomic E-state index is 3.34. The third kappa shape index (κ3) is 1.11. The van der Waals surface area contributed by atoms with Gasteiger partial charge < -0.3 is 5.32 Å². The van der Waals surface area contributed by atoms with Crippen molar-refractivity contribution in [2.75, 3.05) is 13.1 Å². The lowest BCUT2D eigenvalue weighted by Crippen LogP contribution is -2.39. The van der Waals surface area contributed by atoms with E-state index in [2.05, 4.69) is 36.5 Å². The Kier molecular flexibility index (Phi) is 1.85. The summed E-state index contributed by atoms with van der Waals surface area (Å²) in [6.07, 6.45) is 0. The molecular weight excluding hydrogens is 190 g/mol. The standard InChI is InChI=1S/C12H13NS/c1-8-10-4-2-3-5-11(10)14-12(8)9-6-13-7-9/h2-5,9,13H,6-7H2,1H3. The zero-order valence-electron chi connectivity index (χ0n) is 8.21. The predicted octanol–water partition coefficient (Wildman–Crippen LogP) is 2.90. The van der Waals surface area contributed by atoms with Crippen molar-refractivity contribution in [1.82, 2.24) is 5.32 Å². The van der Waals surface area contributed by atoms with Crippen LogP contribution in [0.3, 0.4) is 0 Å². The fourth-order valence-electron chi connectivity index (χ4n) is 2.06. The van der Waals surface area contributed by atoms with Gasteiger partial charge in [0, 0.05) is 28.6 Å². The number of hydrogen-bond acceptors (Lipinski definition) is 2. The molecule has 1 aliphatic rings. The molecule has 0 atom stereocenters. The molecule has 1 aromatic carbocycles. The van der Waals surface area contributed by atoms with Crippen molar-refractivity contribution in [2.45, 2.75) is 12.8 Å². The molecular formula is C12H13NS. The molecule has 0 amide bonds. The largest absolute Gasteiger partial charge is 0.315 e. The van der Waals surface area contributed by atoms with Gasteiger partial charge in [-0.25, -0.2) is 0 Å². The molecule has 1 saturated heterocycles. The Morgan fingerprint density at radius 3 is 2.71 bits per heavy atom. The summed E-state index contributed by atoms with van der Waals surface area (Å²) in [5, 5.41) is 4.78. The molecule has 0 unspecified atom stereocenters.